The van der Waals surface area contributed by atoms with E-state index in [1.54, 1.807) is 23.9 Å². The van der Waals surface area contributed by atoms with Gasteiger partial charge in [-0.1, -0.05) is 54.1 Å². The molecule has 0 unspecified atom stereocenters. The van der Waals surface area contributed by atoms with Crippen LogP contribution in [-0.2, 0) is 11.3 Å². The lowest BCUT2D eigenvalue weighted by Gasteiger charge is -2.11. The Labute approximate surface area is 169 Å². The van der Waals surface area contributed by atoms with Crippen molar-refractivity contribution in [2.45, 2.75) is 20.5 Å². The Bertz CT molecular complexity index is 1190. The summed E-state index contributed by atoms with van der Waals surface area (Å²) in [4.78, 5) is 13.0. The predicted octanol–water partition coefficient (Wildman–Crippen LogP) is 5.01. The zero-order valence-electron chi connectivity index (χ0n) is 16.7. The SMILES string of the molecule is COCc1cc(OC(=O)c2cccc3ccccc23)n(-c2ccc(C)cc2C)n1. The van der Waals surface area contributed by atoms with Crippen molar-refractivity contribution in [3.63, 3.8) is 0 Å². The number of methoxy groups -OCH3 is 1. The smallest absolute Gasteiger partial charge is 0.345 e. The van der Waals surface area contributed by atoms with Crippen molar-refractivity contribution in [1.82, 2.24) is 9.78 Å². The van der Waals surface area contributed by atoms with Gasteiger partial charge in [-0.3, -0.25) is 0 Å². The highest BCUT2D eigenvalue weighted by Crippen LogP contribution is 2.26. The van der Waals surface area contributed by atoms with E-state index in [4.69, 9.17) is 9.47 Å². The van der Waals surface area contributed by atoms with Gasteiger partial charge < -0.3 is 9.47 Å². The second kappa shape index (κ2) is 7.89. The molecule has 0 saturated heterocycles. The van der Waals surface area contributed by atoms with Crippen molar-refractivity contribution in [1.29, 1.82) is 0 Å². The lowest BCUT2D eigenvalue weighted by atomic mass is 10.1. The molecule has 0 aliphatic carbocycles. The third kappa shape index (κ3) is 3.77. The normalized spacial score (nSPS) is 11.0. The fourth-order valence-electron chi connectivity index (χ4n) is 3.47. The van der Waals surface area contributed by atoms with Crippen LogP contribution in [0.2, 0.25) is 0 Å². The second-order valence-electron chi connectivity index (χ2n) is 7.02. The first kappa shape index (κ1) is 18.9. The van der Waals surface area contributed by atoms with Crippen molar-refractivity contribution >= 4 is 16.7 Å². The molecule has 1 aromatic heterocycles. The van der Waals surface area contributed by atoms with Gasteiger partial charge in [-0.05, 0) is 42.3 Å². The standard InChI is InChI=1S/C24H22N2O3/c1-16-11-12-22(17(2)13-16)26-23(14-19(25-26)15-28-3)29-24(27)21-10-6-8-18-7-4-5-9-20(18)21/h4-14H,15H2,1-3H3. The molecule has 0 aliphatic rings. The number of carbonyl (C=O) groups excluding carboxylic acids is 1. The van der Waals surface area contributed by atoms with Gasteiger partial charge in [0.2, 0.25) is 5.88 Å². The summed E-state index contributed by atoms with van der Waals surface area (Å²) in [6.07, 6.45) is 0. The highest BCUT2D eigenvalue weighted by molar-refractivity contribution is 6.05. The topological polar surface area (TPSA) is 53.4 Å². The molecule has 5 nitrogen and oxygen atoms in total. The Balaban J connectivity index is 1.75. The van der Waals surface area contributed by atoms with Crippen LogP contribution in [0, 0.1) is 13.8 Å². The first-order chi connectivity index (χ1) is 14.1. The lowest BCUT2D eigenvalue weighted by molar-refractivity contribution is 0.0725. The van der Waals surface area contributed by atoms with Crippen molar-refractivity contribution in [3.05, 3.63) is 89.1 Å². The van der Waals surface area contributed by atoms with Crippen LogP contribution < -0.4 is 4.74 Å². The molecule has 0 amide bonds. The summed E-state index contributed by atoms with van der Waals surface area (Å²) in [5.41, 5.74) is 4.26. The van der Waals surface area contributed by atoms with E-state index in [1.807, 2.05) is 62.4 Å². The molecule has 29 heavy (non-hydrogen) atoms. The molecular formula is C24H22N2O3. The van der Waals surface area contributed by atoms with Crippen molar-refractivity contribution in [2.24, 2.45) is 0 Å². The number of aromatic nitrogens is 2. The van der Waals surface area contributed by atoms with Crippen LogP contribution in [0.3, 0.4) is 0 Å². The Morgan fingerprint density at radius 2 is 1.79 bits per heavy atom. The minimum atomic E-state index is -0.420. The van der Waals surface area contributed by atoms with Crippen molar-refractivity contribution < 1.29 is 14.3 Å². The molecule has 0 spiro atoms. The molecule has 0 N–H and O–H groups in total. The third-order valence-corrected chi connectivity index (χ3v) is 4.81. The second-order valence-corrected chi connectivity index (χ2v) is 7.02. The first-order valence-corrected chi connectivity index (χ1v) is 9.42. The fraction of sp³-hybridized carbons (Fsp3) is 0.167. The molecule has 0 atom stereocenters. The molecule has 0 aliphatic heterocycles. The van der Waals surface area contributed by atoms with Gasteiger partial charge in [-0.2, -0.15) is 9.78 Å². The average molecular weight is 386 g/mol. The number of nitrogens with zero attached hydrogens (tertiary/aromatic N) is 2. The molecule has 3 aromatic carbocycles. The van der Waals surface area contributed by atoms with Gasteiger partial charge in [0.05, 0.1) is 23.6 Å². The zero-order valence-corrected chi connectivity index (χ0v) is 16.7. The Morgan fingerprint density at radius 1 is 1.00 bits per heavy atom. The number of hydrogen-bond acceptors (Lipinski definition) is 4. The summed E-state index contributed by atoms with van der Waals surface area (Å²) >= 11 is 0. The summed E-state index contributed by atoms with van der Waals surface area (Å²) in [7, 11) is 1.61. The molecule has 5 heteroatoms. The minimum Gasteiger partial charge on any atom is -0.404 e. The van der Waals surface area contributed by atoms with E-state index in [0.717, 1.165) is 27.6 Å². The average Bonchev–Trinajstić information content (AvgIpc) is 3.09. The van der Waals surface area contributed by atoms with Crippen LogP contribution in [0.25, 0.3) is 16.5 Å². The summed E-state index contributed by atoms with van der Waals surface area (Å²) in [6.45, 7) is 4.38. The minimum absolute atomic E-state index is 0.330. The highest BCUT2D eigenvalue weighted by atomic mass is 16.5. The Morgan fingerprint density at radius 3 is 2.59 bits per heavy atom. The van der Waals surface area contributed by atoms with E-state index in [9.17, 15) is 4.79 Å². The number of carbonyl (C=O) groups is 1. The van der Waals surface area contributed by atoms with Gasteiger partial charge in [0, 0.05) is 13.2 Å². The number of ether oxygens (including phenoxy) is 2. The number of rotatable bonds is 5. The molecular weight excluding hydrogens is 364 g/mol. The van der Waals surface area contributed by atoms with Crippen LogP contribution in [0.5, 0.6) is 5.88 Å². The summed E-state index contributed by atoms with van der Waals surface area (Å²) in [5, 5.41) is 6.43. The monoisotopic (exact) mass is 386 g/mol. The quantitative estimate of drug-likeness (QED) is 0.453. The number of aryl methyl sites for hydroxylation is 2. The first-order valence-electron chi connectivity index (χ1n) is 9.42. The molecule has 1 heterocycles. The van der Waals surface area contributed by atoms with Crippen LogP contribution in [0.15, 0.2) is 66.7 Å². The van der Waals surface area contributed by atoms with E-state index >= 15 is 0 Å². The Hall–Kier alpha value is -3.44. The van der Waals surface area contributed by atoms with E-state index < -0.39 is 5.97 Å². The largest absolute Gasteiger partial charge is 0.404 e. The number of benzene rings is 3. The lowest BCUT2D eigenvalue weighted by Crippen LogP contribution is -2.12. The maximum atomic E-state index is 13.0. The third-order valence-electron chi connectivity index (χ3n) is 4.81. The molecule has 4 aromatic rings. The molecule has 4 rings (SSSR count). The van der Waals surface area contributed by atoms with Gasteiger partial charge in [-0.25, -0.2) is 4.79 Å². The molecule has 0 fully saturated rings. The van der Waals surface area contributed by atoms with Crippen LogP contribution >= 0.6 is 0 Å². The zero-order chi connectivity index (χ0) is 20.4. The van der Waals surface area contributed by atoms with Gasteiger partial charge in [0.15, 0.2) is 0 Å². The van der Waals surface area contributed by atoms with Crippen molar-refractivity contribution in [2.75, 3.05) is 7.11 Å². The molecule has 0 bridgehead atoms. The highest BCUT2D eigenvalue weighted by Gasteiger charge is 2.18. The van der Waals surface area contributed by atoms with E-state index in [0.29, 0.717) is 23.7 Å². The number of fused-ring (bicyclic) bond motifs is 1. The van der Waals surface area contributed by atoms with Crippen LogP contribution in [0.1, 0.15) is 27.2 Å². The molecule has 146 valence electrons. The van der Waals surface area contributed by atoms with Crippen LogP contribution in [-0.4, -0.2) is 22.9 Å². The van der Waals surface area contributed by atoms with Gasteiger partial charge >= 0.3 is 5.97 Å². The number of esters is 1. The summed E-state index contributed by atoms with van der Waals surface area (Å²) in [5.74, 6) is -0.0568. The number of hydrogen-bond donors (Lipinski definition) is 0. The van der Waals surface area contributed by atoms with Gasteiger partial charge in [0.1, 0.15) is 0 Å². The maximum Gasteiger partial charge on any atom is 0.345 e. The van der Waals surface area contributed by atoms with Gasteiger partial charge in [-0.15, -0.1) is 0 Å². The molecule has 0 saturated carbocycles. The van der Waals surface area contributed by atoms with E-state index in [1.165, 1.54) is 0 Å². The Kier molecular flexibility index (Phi) is 5.14. The van der Waals surface area contributed by atoms with Gasteiger partial charge in [0.25, 0.3) is 0 Å². The maximum absolute atomic E-state index is 13.0. The fourth-order valence-corrected chi connectivity index (χ4v) is 3.47. The van der Waals surface area contributed by atoms with Crippen molar-refractivity contribution in [3.8, 4) is 11.6 Å². The van der Waals surface area contributed by atoms with E-state index in [2.05, 4.69) is 11.2 Å². The molecule has 0 radical (unpaired) electrons. The van der Waals surface area contributed by atoms with Crippen LogP contribution in [0.4, 0.5) is 0 Å². The summed E-state index contributed by atoms with van der Waals surface area (Å²) < 4.78 is 12.7. The summed E-state index contributed by atoms with van der Waals surface area (Å²) in [6, 6.07) is 21.2. The predicted molar refractivity (Wildman–Crippen MR) is 113 cm³/mol. The van der Waals surface area contributed by atoms with E-state index in [-0.39, 0.29) is 0 Å².